The van der Waals surface area contributed by atoms with Gasteiger partial charge in [0.2, 0.25) is 0 Å². The second-order valence-electron chi connectivity index (χ2n) is 5.46. The van der Waals surface area contributed by atoms with Gasteiger partial charge in [0.25, 0.3) is 0 Å². The summed E-state index contributed by atoms with van der Waals surface area (Å²) in [6.45, 7) is 1.66. The number of nitrogens with zero attached hydrogens (tertiary/aromatic N) is 4. The summed E-state index contributed by atoms with van der Waals surface area (Å²) >= 11 is 0. The standard InChI is InChI=1S/C16H17N5O/c1-2-6-15-14(5-1)17-9-16(20-15)19-12-8-18-21(10-12)11-13-4-3-7-22-13/h1-2,5-6,8-10,13H,3-4,7,11H2,(H,19,20)/t13-/m0/s1. The van der Waals surface area contributed by atoms with Crippen LogP contribution in [-0.4, -0.2) is 32.5 Å². The van der Waals surface area contributed by atoms with E-state index in [-0.39, 0.29) is 6.10 Å². The maximum absolute atomic E-state index is 5.63. The van der Waals surface area contributed by atoms with Crippen molar-refractivity contribution in [2.75, 3.05) is 11.9 Å². The van der Waals surface area contributed by atoms with Gasteiger partial charge in [-0.15, -0.1) is 0 Å². The molecule has 22 heavy (non-hydrogen) atoms. The molecule has 1 aromatic carbocycles. The third-order valence-electron chi connectivity index (χ3n) is 3.77. The lowest BCUT2D eigenvalue weighted by Crippen LogP contribution is -2.15. The van der Waals surface area contributed by atoms with E-state index in [1.165, 1.54) is 0 Å². The number of para-hydroxylation sites is 2. The number of ether oxygens (including phenoxy) is 1. The molecule has 3 heterocycles. The summed E-state index contributed by atoms with van der Waals surface area (Å²) in [6.07, 6.45) is 8.04. The first-order chi connectivity index (χ1) is 10.9. The molecule has 0 unspecified atom stereocenters. The summed E-state index contributed by atoms with van der Waals surface area (Å²) in [4.78, 5) is 8.94. The lowest BCUT2D eigenvalue weighted by Gasteiger charge is -2.08. The molecule has 2 aromatic heterocycles. The first-order valence-corrected chi connectivity index (χ1v) is 7.50. The van der Waals surface area contributed by atoms with Gasteiger partial charge in [0.1, 0.15) is 5.82 Å². The molecule has 1 aliphatic heterocycles. The van der Waals surface area contributed by atoms with Crippen molar-refractivity contribution in [3.8, 4) is 0 Å². The largest absolute Gasteiger partial charge is 0.376 e. The molecule has 1 atom stereocenters. The average molecular weight is 295 g/mol. The SMILES string of the molecule is c1ccc2nc(Nc3cnn(C[C@@H]4CCCO4)c3)cnc2c1. The zero-order valence-corrected chi connectivity index (χ0v) is 12.1. The van der Waals surface area contributed by atoms with Crippen LogP contribution >= 0.6 is 0 Å². The molecule has 1 saturated heterocycles. The number of fused-ring (bicyclic) bond motifs is 1. The first-order valence-electron chi connectivity index (χ1n) is 7.50. The average Bonchev–Trinajstić information content (AvgIpc) is 3.20. The highest BCUT2D eigenvalue weighted by atomic mass is 16.5. The lowest BCUT2D eigenvalue weighted by atomic mass is 10.2. The molecule has 0 saturated carbocycles. The maximum Gasteiger partial charge on any atom is 0.149 e. The van der Waals surface area contributed by atoms with Crippen molar-refractivity contribution < 1.29 is 4.74 Å². The van der Waals surface area contributed by atoms with Crippen molar-refractivity contribution >= 4 is 22.5 Å². The van der Waals surface area contributed by atoms with Crippen LogP contribution in [0.3, 0.4) is 0 Å². The molecule has 0 radical (unpaired) electrons. The van der Waals surface area contributed by atoms with Crippen LogP contribution in [0.1, 0.15) is 12.8 Å². The second-order valence-corrected chi connectivity index (χ2v) is 5.46. The van der Waals surface area contributed by atoms with Crippen LogP contribution in [0.15, 0.2) is 42.9 Å². The minimum atomic E-state index is 0.285. The van der Waals surface area contributed by atoms with Crippen LogP contribution in [0.5, 0.6) is 0 Å². The second kappa shape index (κ2) is 5.73. The van der Waals surface area contributed by atoms with Gasteiger partial charge in [0, 0.05) is 12.8 Å². The molecule has 3 aromatic rings. The monoisotopic (exact) mass is 295 g/mol. The highest BCUT2D eigenvalue weighted by molar-refractivity contribution is 5.75. The van der Waals surface area contributed by atoms with Crippen LogP contribution in [0.4, 0.5) is 11.5 Å². The number of hydrogen-bond donors (Lipinski definition) is 1. The fraction of sp³-hybridized carbons (Fsp3) is 0.312. The Labute approximate surface area is 128 Å². The number of anilines is 2. The predicted octanol–water partition coefficient (Wildman–Crippen LogP) is 2.75. The number of hydrogen-bond acceptors (Lipinski definition) is 5. The Morgan fingerprint density at radius 1 is 1.23 bits per heavy atom. The van der Waals surface area contributed by atoms with Crippen LogP contribution < -0.4 is 5.32 Å². The van der Waals surface area contributed by atoms with Crippen molar-refractivity contribution in [1.82, 2.24) is 19.7 Å². The van der Waals surface area contributed by atoms with Crippen molar-refractivity contribution in [2.24, 2.45) is 0 Å². The van der Waals surface area contributed by atoms with Gasteiger partial charge in [-0.05, 0) is 25.0 Å². The van der Waals surface area contributed by atoms with Gasteiger partial charge in [-0.25, -0.2) is 4.98 Å². The van der Waals surface area contributed by atoms with Crippen molar-refractivity contribution in [1.29, 1.82) is 0 Å². The molecule has 6 nitrogen and oxygen atoms in total. The van der Waals surface area contributed by atoms with E-state index in [4.69, 9.17) is 4.74 Å². The van der Waals surface area contributed by atoms with Crippen LogP contribution in [-0.2, 0) is 11.3 Å². The summed E-state index contributed by atoms with van der Waals surface area (Å²) in [5, 5.41) is 7.61. The van der Waals surface area contributed by atoms with E-state index in [1.54, 1.807) is 12.4 Å². The number of benzene rings is 1. The highest BCUT2D eigenvalue weighted by Crippen LogP contribution is 2.18. The number of rotatable bonds is 4. The summed E-state index contributed by atoms with van der Waals surface area (Å²) in [7, 11) is 0. The fourth-order valence-corrected chi connectivity index (χ4v) is 2.69. The summed E-state index contributed by atoms with van der Waals surface area (Å²) in [5.41, 5.74) is 2.67. The molecule has 0 aliphatic carbocycles. The smallest absolute Gasteiger partial charge is 0.149 e. The van der Waals surface area contributed by atoms with E-state index in [0.29, 0.717) is 0 Å². The van der Waals surface area contributed by atoms with E-state index < -0.39 is 0 Å². The Bertz CT molecular complexity index is 779. The van der Waals surface area contributed by atoms with Crippen molar-refractivity contribution in [2.45, 2.75) is 25.5 Å². The Balaban J connectivity index is 1.48. The Kier molecular flexibility index (Phi) is 3.44. The molecular weight excluding hydrogens is 278 g/mol. The van der Waals surface area contributed by atoms with Crippen LogP contribution in [0.25, 0.3) is 11.0 Å². The molecule has 0 bridgehead atoms. The maximum atomic E-state index is 5.63. The van der Waals surface area contributed by atoms with Gasteiger partial charge in [-0.3, -0.25) is 9.67 Å². The van der Waals surface area contributed by atoms with E-state index in [2.05, 4.69) is 20.4 Å². The number of aromatic nitrogens is 4. The molecule has 4 rings (SSSR count). The molecule has 1 aliphatic rings. The molecule has 1 fully saturated rings. The quantitative estimate of drug-likeness (QED) is 0.801. The van der Waals surface area contributed by atoms with Gasteiger partial charge < -0.3 is 10.1 Å². The molecular formula is C16H17N5O. The molecule has 1 N–H and O–H groups in total. The van der Waals surface area contributed by atoms with Crippen LogP contribution in [0, 0.1) is 0 Å². The molecule has 0 amide bonds. The minimum Gasteiger partial charge on any atom is -0.376 e. The number of nitrogens with one attached hydrogen (secondary N) is 1. The fourth-order valence-electron chi connectivity index (χ4n) is 2.69. The van der Waals surface area contributed by atoms with Gasteiger partial charge in [0.05, 0.1) is 41.8 Å². The Hall–Kier alpha value is -2.47. The van der Waals surface area contributed by atoms with E-state index >= 15 is 0 Å². The van der Waals surface area contributed by atoms with E-state index in [0.717, 1.165) is 48.5 Å². The molecule has 0 spiro atoms. The van der Waals surface area contributed by atoms with E-state index in [9.17, 15) is 0 Å². The van der Waals surface area contributed by atoms with Gasteiger partial charge >= 0.3 is 0 Å². The molecule has 112 valence electrons. The summed E-state index contributed by atoms with van der Waals surface area (Å²) in [6, 6.07) is 7.82. The topological polar surface area (TPSA) is 64.9 Å². The lowest BCUT2D eigenvalue weighted by molar-refractivity contribution is 0.0940. The molecule has 6 heteroatoms. The first kappa shape index (κ1) is 13.2. The van der Waals surface area contributed by atoms with Crippen LogP contribution in [0.2, 0.25) is 0 Å². The third-order valence-corrected chi connectivity index (χ3v) is 3.77. The Morgan fingerprint density at radius 2 is 2.14 bits per heavy atom. The zero-order valence-electron chi connectivity index (χ0n) is 12.1. The van der Waals surface area contributed by atoms with Gasteiger partial charge in [-0.1, -0.05) is 12.1 Å². The summed E-state index contributed by atoms with van der Waals surface area (Å²) < 4.78 is 7.54. The van der Waals surface area contributed by atoms with Crippen molar-refractivity contribution in [3.05, 3.63) is 42.9 Å². The highest BCUT2D eigenvalue weighted by Gasteiger charge is 2.16. The van der Waals surface area contributed by atoms with Gasteiger partial charge in [0.15, 0.2) is 0 Å². The summed E-state index contributed by atoms with van der Waals surface area (Å²) in [5.74, 6) is 0.718. The normalized spacial score (nSPS) is 17.9. The minimum absolute atomic E-state index is 0.285. The zero-order chi connectivity index (χ0) is 14.8. The van der Waals surface area contributed by atoms with E-state index in [1.807, 2.05) is 35.1 Å². The van der Waals surface area contributed by atoms with Gasteiger partial charge in [-0.2, -0.15) is 5.10 Å². The van der Waals surface area contributed by atoms with Crippen molar-refractivity contribution in [3.63, 3.8) is 0 Å². The third kappa shape index (κ3) is 2.78. The predicted molar refractivity (Wildman–Crippen MR) is 84.0 cm³/mol. The Morgan fingerprint density at radius 3 is 3.00 bits per heavy atom.